The highest BCUT2D eigenvalue weighted by Gasteiger charge is 2.05. The molecule has 1 N–H and O–H groups in total. The van der Waals surface area contributed by atoms with Crippen molar-refractivity contribution < 1.29 is 4.79 Å². The summed E-state index contributed by atoms with van der Waals surface area (Å²) in [6.07, 6.45) is 6.06. The number of rotatable bonds is 4. The average molecular weight is 152 g/mol. The Morgan fingerprint density at radius 1 is 1.82 bits per heavy atom. The molecule has 0 aliphatic heterocycles. The quantitative estimate of drug-likeness (QED) is 0.658. The summed E-state index contributed by atoms with van der Waals surface area (Å²) in [5.74, 6) is 0.135. The van der Waals surface area contributed by atoms with Crippen LogP contribution in [0, 0.1) is 5.92 Å². The number of aromatic nitrogens is 2. The van der Waals surface area contributed by atoms with Gasteiger partial charge in [0.2, 0.25) is 0 Å². The van der Waals surface area contributed by atoms with E-state index in [-0.39, 0.29) is 5.92 Å². The van der Waals surface area contributed by atoms with E-state index in [1.807, 2.05) is 6.92 Å². The number of hydrogen-bond donors (Lipinski definition) is 1. The fraction of sp³-hybridized carbons (Fsp3) is 0.500. The molecule has 0 radical (unpaired) electrons. The molecule has 0 amide bonds. The molecule has 11 heavy (non-hydrogen) atoms. The highest BCUT2D eigenvalue weighted by molar-refractivity contribution is 5.53. The van der Waals surface area contributed by atoms with Crippen molar-refractivity contribution in [1.29, 1.82) is 0 Å². The van der Waals surface area contributed by atoms with Crippen molar-refractivity contribution >= 4 is 6.29 Å². The van der Waals surface area contributed by atoms with Crippen LogP contribution in [0.15, 0.2) is 12.5 Å². The lowest BCUT2D eigenvalue weighted by Gasteiger charge is -2.02. The third-order valence-electron chi connectivity index (χ3n) is 1.75. The third kappa shape index (κ3) is 2.18. The SMILES string of the molecule is CC[C@H](C=O)Cc1cnc[nH]1. The predicted octanol–water partition coefficient (Wildman–Crippen LogP) is 1.18. The highest BCUT2D eigenvalue weighted by Crippen LogP contribution is 2.06. The minimum atomic E-state index is 0.135. The summed E-state index contributed by atoms with van der Waals surface area (Å²) in [6, 6.07) is 0. The van der Waals surface area contributed by atoms with E-state index in [1.54, 1.807) is 12.5 Å². The summed E-state index contributed by atoms with van der Waals surface area (Å²) >= 11 is 0. The number of carbonyl (C=O) groups excluding carboxylic acids is 1. The molecule has 0 aliphatic carbocycles. The normalized spacial score (nSPS) is 12.8. The second-order valence-electron chi connectivity index (χ2n) is 2.59. The average Bonchev–Trinajstić information content (AvgIpc) is 2.52. The number of nitrogens with one attached hydrogen (secondary N) is 1. The van der Waals surface area contributed by atoms with Gasteiger partial charge < -0.3 is 9.78 Å². The minimum absolute atomic E-state index is 0.135. The number of aromatic amines is 1. The molecule has 0 aliphatic rings. The van der Waals surface area contributed by atoms with Gasteiger partial charge in [-0.15, -0.1) is 0 Å². The number of H-pyrrole nitrogens is 1. The first-order chi connectivity index (χ1) is 5.36. The molecule has 0 bridgehead atoms. The summed E-state index contributed by atoms with van der Waals surface area (Å²) in [4.78, 5) is 17.3. The van der Waals surface area contributed by atoms with E-state index in [0.29, 0.717) is 0 Å². The van der Waals surface area contributed by atoms with Gasteiger partial charge in [0.05, 0.1) is 6.33 Å². The molecule has 3 heteroatoms. The summed E-state index contributed by atoms with van der Waals surface area (Å²) < 4.78 is 0. The number of hydrogen-bond acceptors (Lipinski definition) is 2. The van der Waals surface area contributed by atoms with E-state index < -0.39 is 0 Å². The molecule has 0 saturated carbocycles. The summed E-state index contributed by atoms with van der Waals surface area (Å²) in [5.41, 5.74) is 1.03. The molecular weight excluding hydrogens is 140 g/mol. The van der Waals surface area contributed by atoms with Gasteiger partial charge in [-0.25, -0.2) is 4.98 Å². The zero-order chi connectivity index (χ0) is 8.10. The van der Waals surface area contributed by atoms with Crippen LogP contribution in [0.5, 0.6) is 0 Å². The van der Waals surface area contributed by atoms with E-state index in [2.05, 4.69) is 9.97 Å². The molecule has 0 spiro atoms. The van der Waals surface area contributed by atoms with Crippen molar-refractivity contribution in [2.45, 2.75) is 19.8 Å². The Labute approximate surface area is 65.8 Å². The van der Waals surface area contributed by atoms with Crippen LogP contribution in [0.25, 0.3) is 0 Å². The van der Waals surface area contributed by atoms with Crippen molar-refractivity contribution in [2.24, 2.45) is 5.92 Å². The Morgan fingerprint density at radius 2 is 2.64 bits per heavy atom. The molecule has 1 heterocycles. The van der Waals surface area contributed by atoms with Crippen molar-refractivity contribution in [3.8, 4) is 0 Å². The second-order valence-corrected chi connectivity index (χ2v) is 2.59. The van der Waals surface area contributed by atoms with Gasteiger partial charge in [-0.1, -0.05) is 6.92 Å². The molecule has 1 aromatic rings. The first-order valence-electron chi connectivity index (χ1n) is 3.79. The highest BCUT2D eigenvalue weighted by atomic mass is 16.1. The predicted molar refractivity (Wildman–Crippen MR) is 42.1 cm³/mol. The fourth-order valence-electron chi connectivity index (χ4n) is 0.967. The molecule has 0 unspecified atom stereocenters. The molecule has 1 aromatic heterocycles. The van der Waals surface area contributed by atoms with Gasteiger partial charge in [-0.3, -0.25) is 0 Å². The Kier molecular flexibility index (Phi) is 2.83. The first-order valence-corrected chi connectivity index (χ1v) is 3.79. The molecule has 3 nitrogen and oxygen atoms in total. The molecule has 0 aromatic carbocycles. The lowest BCUT2D eigenvalue weighted by Crippen LogP contribution is -2.04. The Bertz CT molecular complexity index is 206. The Hall–Kier alpha value is -1.12. The van der Waals surface area contributed by atoms with Crippen LogP contribution in [-0.2, 0) is 11.2 Å². The monoisotopic (exact) mass is 152 g/mol. The van der Waals surface area contributed by atoms with Gasteiger partial charge in [0, 0.05) is 17.8 Å². The van der Waals surface area contributed by atoms with Gasteiger partial charge in [-0.05, 0) is 12.8 Å². The maximum atomic E-state index is 10.4. The molecule has 1 rings (SSSR count). The van der Waals surface area contributed by atoms with Crippen LogP contribution < -0.4 is 0 Å². The third-order valence-corrected chi connectivity index (χ3v) is 1.75. The van der Waals surface area contributed by atoms with Gasteiger partial charge >= 0.3 is 0 Å². The van der Waals surface area contributed by atoms with Crippen molar-refractivity contribution in [3.63, 3.8) is 0 Å². The zero-order valence-corrected chi connectivity index (χ0v) is 6.58. The minimum Gasteiger partial charge on any atom is -0.348 e. The van der Waals surface area contributed by atoms with Crippen molar-refractivity contribution in [2.75, 3.05) is 0 Å². The summed E-state index contributed by atoms with van der Waals surface area (Å²) in [7, 11) is 0. The molecular formula is C8H12N2O. The second kappa shape index (κ2) is 3.91. The van der Waals surface area contributed by atoms with E-state index in [0.717, 1.165) is 24.8 Å². The number of imidazole rings is 1. The fourth-order valence-corrected chi connectivity index (χ4v) is 0.967. The Balaban J connectivity index is 2.47. The lowest BCUT2D eigenvalue weighted by atomic mass is 10.0. The lowest BCUT2D eigenvalue weighted by molar-refractivity contribution is -0.111. The zero-order valence-electron chi connectivity index (χ0n) is 6.58. The van der Waals surface area contributed by atoms with Crippen LogP contribution in [0.2, 0.25) is 0 Å². The van der Waals surface area contributed by atoms with E-state index >= 15 is 0 Å². The van der Waals surface area contributed by atoms with E-state index in [9.17, 15) is 4.79 Å². The molecule has 0 saturated heterocycles. The number of carbonyl (C=O) groups is 1. The van der Waals surface area contributed by atoms with Crippen LogP contribution in [0.4, 0.5) is 0 Å². The van der Waals surface area contributed by atoms with Gasteiger partial charge in [0.1, 0.15) is 6.29 Å². The van der Waals surface area contributed by atoms with Crippen LogP contribution in [0.1, 0.15) is 19.0 Å². The van der Waals surface area contributed by atoms with Crippen LogP contribution >= 0.6 is 0 Å². The smallest absolute Gasteiger partial charge is 0.123 e. The molecule has 0 fully saturated rings. The number of aldehydes is 1. The van der Waals surface area contributed by atoms with Gasteiger partial charge in [-0.2, -0.15) is 0 Å². The maximum absolute atomic E-state index is 10.4. The Morgan fingerprint density at radius 3 is 3.09 bits per heavy atom. The standard InChI is InChI=1S/C8H12N2O/c1-2-7(5-11)3-8-4-9-6-10-8/h4-7H,2-3H2,1H3,(H,9,10)/t7-/m0/s1. The summed E-state index contributed by atoms with van der Waals surface area (Å²) in [5, 5.41) is 0. The van der Waals surface area contributed by atoms with Gasteiger partial charge in [0.25, 0.3) is 0 Å². The summed E-state index contributed by atoms with van der Waals surface area (Å²) in [6.45, 7) is 2.01. The largest absolute Gasteiger partial charge is 0.348 e. The molecule has 60 valence electrons. The van der Waals surface area contributed by atoms with E-state index in [4.69, 9.17) is 0 Å². The first kappa shape index (κ1) is 7.98. The van der Waals surface area contributed by atoms with Crippen molar-refractivity contribution in [1.82, 2.24) is 9.97 Å². The van der Waals surface area contributed by atoms with Crippen LogP contribution in [-0.4, -0.2) is 16.3 Å². The van der Waals surface area contributed by atoms with Crippen LogP contribution in [0.3, 0.4) is 0 Å². The van der Waals surface area contributed by atoms with Gasteiger partial charge in [0.15, 0.2) is 0 Å². The topological polar surface area (TPSA) is 45.8 Å². The van der Waals surface area contributed by atoms with E-state index in [1.165, 1.54) is 0 Å². The maximum Gasteiger partial charge on any atom is 0.123 e. The van der Waals surface area contributed by atoms with Crippen molar-refractivity contribution in [3.05, 3.63) is 18.2 Å². The number of nitrogens with zero attached hydrogens (tertiary/aromatic N) is 1. The molecule has 1 atom stereocenters.